The quantitative estimate of drug-likeness (QED) is 0.0780. The van der Waals surface area contributed by atoms with Crippen molar-refractivity contribution in [1.82, 2.24) is 0 Å². The van der Waals surface area contributed by atoms with Gasteiger partial charge >= 0.3 is 6.80 Å². The van der Waals surface area contributed by atoms with Gasteiger partial charge in [0.2, 0.25) is 0 Å². The predicted molar refractivity (Wildman–Crippen MR) is 151 cm³/mol. The molecular weight excluding hydrogens is 447 g/mol. The van der Waals surface area contributed by atoms with Crippen molar-refractivity contribution in [2.45, 2.75) is 162 Å². The molecule has 0 heterocycles. The third-order valence-electron chi connectivity index (χ3n) is 6.24. The Balaban J connectivity index is 4.04. The van der Waals surface area contributed by atoms with Crippen LogP contribution in [0.15, 0.2) is 0 Å². The van der Waals surface area contributed by atoms with Crippen LogP contribution >= 0.6 is 18.2 Å². The third-order valence-corrected chi connectivity index (χ3v) is 10.2. The van der Waals surface area contributed by atoms with E-state index in [1.54, 1.807) is 0 Å². The molecule has 0 unspecified atom stereocenters. The molecule has 200 valence electrons. The molecule has 0 aromatic rings. The molecule has 0 aromatic heterocycles. The molecule has 0 atom stereocenters. The SMILES string of the molecule is CCCCCCCCCCOP(=O)(OCCCCCCCCCC)SCCCCCCCC. The highest BCUT2D eigenvalue weighted by atomic mass is 32.7. The summed E-state index contributed by atoms with van der Waals surface area (Å²) in [6.07, 6.45) is 27.8. The van der Waals surface area contributed by atoms with Gasteiger partial charge in [-0.2, -0.15) is 0 Å². The van der Waals surface area contributed by atoms with Gasteiger partial charge < -0.3 is 9.05 Å². The fourth-order valence-electron chi connectivity index (χ4n) is 4.00. The molecule has 0 aliphatic heterocycles. The monoisotopic (exact) mass is 506 g/mol. The maximum Gasteiger partial charge on any atom is 0.389 e. The fourth-order valence-corrected chi connectivity index (χ4v) is 7.43. The zero-order valence-electron chi connectivity index (χ0n) is 22.8. The van der Waals surface area contributed by atoms with Gasteiger partial charge in [-0.3, -0.25) is 0 Å². The standard InChI is InChI=1S/C28H59O3PS/c1-4-7-10-13-16-18-20-23-26-30-32(29,33-28-25-22-15-12-9-6-3)31-27-24-21-19-17-14-11-8-5-2/h4-28H2,1-3H3. The van der Waals surface area contributed by atoms with Gasteiger partial charge in [0.05, 0.1) is 13.2 Å². The number of hydrogen-bond donors (Lipinski definition) is 0. The summed E-state index contributed by atoms with van der Waals surface area (Å²) in [5.41, 5.74) is 0. The molecule has 0 fully saturated rings. The van der Waals surface area contributed by atoms with Crippen LogP contribution in [0.2, 0.25) is 0 Å². The summed E-state index contributed by atoms with van der Waals surface area (Å²) in [4.78, 5) is 0. The zero-order valence-corrected chi connectivity index (χ0v) is 24.5. The maximum atomic E-state index is 13.3. The molecule has 0 N–H and O–H groups in total. The van der Waals surface area contributed by atoms with E-state index in [1.165, 1.54) is 133 Å². The van der Waals surface area contributed by atoms with E-state index < -0.39 is 6.80 Å². The van der Waals surface area contributed by atoms with Crippen LogP contribution in [0, 0.1) is 0 Å². The van der Waals surface area contributed by atoms with Crippen molar-refractivity contribution in [1.29, 1.82) is 0 Å². The van der Waals surface area contributed by atoms with Crippen LogP contribution in [0.1, 0.15) is 162 Å². The van der Waals surface area contributed by atoms with Gasteiger partial charge in [0.15, 0.2) is 0 Å². The molecule has 0 rings (SSSR count). The highest BCUT2D eigenvalue weighted by Crippen LogP contribution is 2.61. The van der Waals surface area contributed by atoms with Gasteiger partial charge in [-0.1, -0.05) is 143 Å². The zero-order chi connectivity index (χ0) is 24.3. The lowest BCUT2D eigenvalue weighted by Crippen LogP contribution is -1.99. The Morgan fingerprint density at radius 1 is 0.455 bits per heavy atom. The Kier molecular flexibility index (Phi) is 27.5. The molecule has 0 amide bonds. The molecule has 0 radical (unpaired) electrons. The summed E-state index contributed by atoms with van der Waals surface area (Å²) in [5.74, 6) is 0.887. The third kappa shape index (κ3) is 25.4. The Bertz CT molecular complexity index is 394. The molecule has 0 aromatic carbocycles. The Labute approximate surface area is 212 Å². The highest BCUT2D eigenvalue weighted by molar-refractivity contribution is 8.55. The van der Waals surface area contributed by atoms with Crippen molar-refractivity contribution in [2.75, 3.05) is 19.0 Å². The van der Waals surface area contributed by atoms with Gasteiger partial charge in [0.1, 0.15) is 0 Å². The van der Waals surface area contributed by atoms with Gasteiger partial charge in [-0.25, -0.2) is 4.57 Å². The summed E-state index contributed by atoms with van der Waals surface area (Å²) in [6.45, 7) is 4.92. The normalized spacial score (nSPS) is 12.0. The minimum atomic E-state index is -3.00. The number of hydrogen-bond acceptors (Lipinski definition) is 4. The lowest BCUT2D eigenvalue weighted by molar-refractivity contribution is 0.212. The lowest BCUT2D eigenvalue weighted by atomic mass is 10.1. The van der Waals surface area contributed by atoms with Crippen LogP contribution in [-0.2, 0) is 13.6 Å². The van der Waals surface area contributed by atoms with Crippen LogP contribution < -0.4 is 0 Å². The van der Waals surface area contributed by atoms with E-state index in [9.17, 15) is 4.57 Å². The molecular formula is C28H59O3PS. The van der Waals surface area contributed by atoms with Crippen molar-refractivity contribution < 1.29 is 13.6 Å². The predicted octanol–water partition coefficient (Wildman–Crippen LogP) is 11.5. The minimum Gasteiger partial charge on any atom is -0.301 e. The summed E-state index contributed by atoms with van der Waals surface area (Å²) < 4.78 is 25.1. The number of unbranched alkanes of at least 4 members (excludes halogenated alkanes) is 19. The molecule has 0 aliphatic rings. The van der Waals surface area contributed by atoms with E-state index in [2.05, 4.69) is 20.8 Å². The molecule has 0 spiro atoms. The van der Waals surface area contributed by atoms with Crippen LogP contribution in [0.3, 0.4) is 0 Å². The summed E-state index contributed by atoms with van der Waals surface area (Å²) >= 11 is 1.45. The van der Waals surface area contributed by atoms with Gasteiger partial charge in [0, 0.05) is 5.75 Å². The molecule has 33 heavy (non-hydrogen) atoms. The van der Waals surface area contributed by atoms with Crippen LogP contribution in [0.5, 0.6) is 0 Å². The van der Waals surface area contributed by atoms with Gasteiger partial charge in [-0.15, -0.1) is 0 Å². The fraction of sp³-hybridized carbons (Fsp3) is 1.00. The summed E-state index contributed by atoms with van der Waals surface area (Å²) in [5, 5.41) is 0. The first kappa shape index (κ1) is 33.5. The van der Waals surface area contributed by atoms with Crippen molar-refractivity contribution >= 4 is 18.2 Å². The Morgan fingerprint density at radius 2 is 0.758 bits per heavy atom. The first-order chi connectivity index (χ1) is 16.2. The van der Waals surface area contributed by atoms with Crippen molar-refractivity contribution in [3.8, 4) is 0 Å². The summed E-state index contributed by atoms with van der Waals surface area (Å²) in [6, 6.07) is 0. The van der Waals surface area contributed by atoms with E-state index in [-0.39, 0.29) is 0 Å². The molecule has 0 bridgehead atoms. The van der Waals surface area contributed by atoms with Crippen molar-refractivity contribution in [3.05, 3.63) is 0 Å². The summed E-state index contributed by atoms with van der Waals surface area (Å²) in [7, 11) is 0. The van der Waals surface area contributed by atoms with Crippen LogP contribution in [0.25, 0.3) is 0 Å². The molecule has 0 aliphatic carbocycles. The van der Waals surface area contributed by atoms with Crippen molar-refractivity contribution in [2.24, 2.45) is 0 Å². The van der Waals surface area contributed by atoms with E-state index in [0.717, 1.165) is 25.0 Å². The smallest absolute Gasteiger partial charge is 0.301 e. The topological polar surface area (TPSA) is 35.5 Å². The van der Waals surface area contributed by atoms with Crippen molar-refractivity contribution in [3.63, 3.8) is 0 Å². The maximum absolute atomic E-state index is 13.3. The molecule has 3 nitrogen and oxygen atoms in total. The largest absolute Gasteiger partial charge is 0.389 e. The lowest BCUT2D eigenvalue weighted by Gasteiger charge is -2.18. The average molecular weight is 507 g/mol. The minimum absolute atomic E-state index is 0.577. The van der Waals surface area contributed by atoms with E-state index in [4.69, 9.17) is 9.05 Å². The first-order valence-electron chi connectivity index (χ1n) is 14.7. The first-order valence-corrected chi connectivity index (χ1v) is 17.9. The molecule has 5 heteroatoms. The van der Waals surface area contributed by atoms with E-state index in [0.29, 0.717) is 13.2 Å². The second kappa shape index (κ2) is 27.1. The Hall–Kier alpha value is 0.500. The van der Waals surface area contributed by atoms with E-state index >= 15 is 0 Å². The van der Waals surface area contributed by atoms with Gasteiger partial charge in [0.25, 0.3) is 0 Å². The Morgan fingerprint density at radius 3 is 1.12 bits per heavy atom. The highest BCUT2D eigenvalue weighted by Gasteiger charge is 2.25. The average Bonchev–Trinajstić information content (AvgIpc) is 2.81. The van der Waals surface area contributed by atoms with Crippen LogP contribution in [0.4, 0.5) is 0 Å². The van der Waals surface area contributed by atoms with Gasteiger partial charge in [-0.05, 0) is 30.6 Å². The van der Waals surface area contributed by atoms with E-state index in [1.807, 2.05) is 0 Å². The molecule has 0 saturated carbocycles. The number of rotatable bonds is 28. The van der Waals surface area contributed by atoms with Crippen LogP contribution in [-0.4, -0.2) is 19.0 Å². The molecule has 0 saturated heterocycles. The second-order valence-electron chi connectivity index (χ2n) is 9.66. The second-order valence-corrected chi connectivity index (χ2v) is 13.9.